The molecular weight excluding hydrogens is 428 g/mol. The third kappa shape index (κ3) is 5.79. The fraction of sp³-hybridized carbons (Fsp3) is 0.429. The zero-order valence-corrected chi connectivity index (χ0v) is 20.4. The Labute approximate surface area is 201 Å². The molecule has 0 N–H and O–H groups in total. The lowest BCUT2D eigenvalue weighted by atomic mass is 10.1. The summed E-state index contributed by atoms with van der Waals surface area (Å²) in [5.74, 6) is 2.55. The highest BCUT2D eigenvalue weighted by Crippen LogP contribution is 2.31. The van der Waals surface area contributed by atoms with E-state index in [0.717, 1.165) is 78.2 Å². The minimum Gasteiger partial charge on any atom is -0.493 e. The number of pyridine rings is 1. The van der Waals surface area contributed by atoms with Crippen molar-refractivity contribution in [2.75, 3.05) is 19.7 Å². The minimum atomic E-state index is 0.109. The van der Waals surface area contributed by atoms with E-state index in [2.05, 4.69) is 13.0 Å². The van der Waals surface area contributed by atoms with Gasteiger partial charge in [-0.2, -0.15) is 0 Å². The Morgan fingerprint density at radius 1 is 1.06 bits per heavy atom. The maximum atomic E-state index is 11.5. The van der Waals surface area contributed by atoms with Gasteiger partial charge in [0, 0.05) is 49.9 Å². The molecule has 2 aromatic carbocycles. The van der Waals surface area contributed by atoms with Crippen molar-refractivity contribution in [1.29, 1.82) is 0 Å². The van der Waals surface area contributed by atoms with Gasteiger partial charge in [-0.05, 0) is 37.6 Å². The number of likely N-dealkylation sites (tertiary alicyclic amines) is 1. The van der Waals surface area contributed by atoms with E-state index in [1.54, 1.807) is 6.92 Å². The van der Waals surface area contributed by atoms with Gasteiger partial charge < -0.3 is 19.1 Å². The van der Waals surface area contributed by atoms with Gasteiger partial charge in [-0.15, -0.1) is 0 Å². The van der Waals surface area contributed by atoms with Gasteiger partial charge in [0.25, 0.3) is 0 Å². The van der Waals surface area contributed by atoms with Crippen LogP contribution in [0.3, 0.4) is 0 Å². The van der Waals surface area contributed by atoms with Crippen LogP contribution in [0, 0.1) is 6.92 Å². The number of carbonyl (C=O) groups is 1. The van der Waals surface area contributed by atoms with Gasteiger partial charge in [-0.3, -0.25) is 4.79 Å². The van der Waals surface area contributed by atoms with E-state index >= 15 is 0 Å². The van der Waals surface area contributed by atoms with E-state index < -0.39 is 0 Å². The highest BCUT2D eigenvalue weighted by atomic mass is 16.5. The second kappa shape index (κ2) is 11.2. The zero-order valence-electron chi connectivity index (χ0n) is 20.4. The zero-order chi connectivity index (χ0) is 23.9. The Kier molecular flexibility index (Phi) is 7.88. The summed E-state index contributed by atoms with van der Waals surface area (Å²) in [5, 5.41) is 1.03. The van der Waals surface area contributed by atoms with E-state index in [-0.39, 0.29) is 12.0 Å². The number of ether oxygens (including phenoxy) is 3. The average molecular weight is 463 g/mol. The fourth-order valence-electron chi connectivity index (χ4n) is 4.24. The first-order valence-corrected chi connectivity index (χ1v) is 12.2. The maximum Gasteiger partial charge on any atom is 0.219 e. The summed E-state index contributed by atoms with van der Waals surface area (Å²) in [6, 6.07) is 15.8. The molecule has 1 amide bonds. The number of piperidine rings is 1. The standard InChI is InChI=1S/C28H34N2O4/c1-4-5-17-32-28-20(2)27(29-26-12-7-6-11-25(26)28)19-33-23-9-8-10-24(18-23)34-22-13-15-30(16-14-22)21(3)31/h6-12,18,22H,4-5,13-17,19H2,1-3H3. The maximum absolute atomic E-state index is 11.5. The molecule has 6 nitrogen and oxygen atoms in total. The molecule has 0 saturated carbocycles. The number of benzene rings is 2. The molecule has 0 spiro atoms. The van der Waals surface area contributed by atoms with E-state index in [1.807, 2.05) is 54.3 Å². The van der Waals surface area contributed by atoms with Crippen LogP contribution in [-0.2, 0) is 11.4 Å². The Bertz CT molecular complexity index is 1120. The topological polar surface area (TPSA) is 60.9 Å². The van der Waals surface area contributed by atoms with Crippen LogP contribution in [0.1, 0.15) is 50.8 Å². The van der Waals surface area contributed by atoms with Gasteiger partial charge in [-0.25, -0.2) is 4.98 Å². The Hall–Kier alpha value is -3.28. The quantitative estimate of drug-likeness (QED) is 0.382. The molecule has 0 bridgehead atoms. The lowest BCUT2D eigenvalue weighted by molar-refractivity contribution is -0.130. The van der Waals surface area contributed by atoms with Gasteiger partial charge in [0.15, 0.2) is 0 Å². The number of aromatic nitrogens is 1. The van der Waals surface area contributed by atoms with E-state index in [9.17, 15) is 4.79 Å². The van der Waals surface area contributed by atoms with Crippen molar-refractivity contribution in [2.45, 2.75) is 59.2 Å². The summed E-state index contributed by atoms with van der Waals surface area (Å²) in [5.41, 5.74) is 2.79. The molecule has 2 heterocycles. The lowest BCUT2D eigenvalue weighted by Crippen LogP contribution is -2.40. The molecule has 34 heavy (non-hydrogen) atoms. The summed E-state index contributed by atoms with van der Waals surface area (Å²) in [7, 11) is 0. The molecule has 0 radical (unpaired) electrons. The summed E-state index contributed by atoms with van der Waals surface area (Å²) in [6.07, 6.45) is 3.89. The Morgan fingerprint density at radius 2 is 1.82 bits per heavy atom. The van der Waals surface area contributed by atoms with Gasteiger partial charge in [0.1, 0.15) is 30.0 Å². The van der Waals surface area contributed by atoms with E-state index in [4.69, 9.17) is 19.2 Å². The third-order valence-electron chi connectivity index (χ3n) is 6.29. The minimum absolute atomic E-state index is 0.109. The van der Waals surface area contributed by atoms with Gasteiger partial charge in [0.2, 0.25) is 5.91 Å². The number of rotatable bonds is 9. The molecule has 3 aromatic rings. The Balaban J connectivity index is 1.44. The van der Waals surface area contributed by atoms with Crippen molar-refractivity contribution in [3.63, 3.8) is 0 Å². The SMILES string of the molecule is CCCCOc1c(C)c(COc2cccc(OC3CCN(C(C)=O)CC3)c2)nc2ccccc12. The van der Waals surface area contributed by atoms with Crippen LogP contribution in [0.4, 0.5) is 0 Å². The van der Waals surface area contributed by atoms with Crippen molar-refractivity contribution in [2.24, 2.45) is 0 Å². The van der Waals surface area contributed by atoms with Crippen molar-refractivity contribution in [1.82, 2.24) is 9.88 Å². The number of para-hydroxylation sites is 1. The van der Waals surface area contributed by atoms with Crippen LogP contribution >= 0.6 is 0 Å². The summed E-state index contributed by atoms with van der Waals surface area (Å²) in [4.78, 5) is 18.3. The fourth-order valence-corrected chi connectivity index (χ4v) is 4.24. The first-order chi connectivity index (χ1) is 16.5. The molecule has 6 heteroatoms. The van der Waals surface area contributed by atoms with Gasteiger partial charge >= 0.3 is 0 Å². The number of carbonyl (C=O) groups excluding carboxylic acids is 1. The number of fused-ring (bicyclic) bond motifs is 1. The second-order valence-electron chi connectivity index (χ2n) is 8.82. The number of unbranched alkanes of at least 4 members (excludes halogenated alkanes) is 1. The summed E-state index contributed by atoms with van der Waals surface area (Å²) in [6.45, 7) is 8.35. The molecule has 4 rings (SSSR count). The first kappa shape index (κ1) is 23.9. The first-order valence-electron chi connectivity index (χ1n) is 12.2. The van der Waals surface area contributed by atoms with Crippen LogP contribution in [0.5, 0.6) is 17.2 Å². The van der Waals surface area contributed by atoms with Crippen molar-refractivity contribution < 1.29 is 19.0 Å². The molecular formula is C28H34N2O4. The number of hydrogen-bond acceptors (Lipinski definition) is 5. The normalized spacial score (nSPS) is 14.3. The van der Waals surface area contributed by atoms with Crippen LogP contribution in [0.2, 0.25) is 0 Å². The average Bonchev–Trinajstić information content (AvgIpc) is 2.85. The second-order valence-corrected chi connectivity index (χ2v) is 8.82. The van der Waals surface area contributed by atoms with E-state index in [0.29, 0.717) is 13.2 Å². The smallest absolute Gasteiger partial charge is 0.219 e. The highest BCUT2D eigenvalue weighted by molar-refractivity contribution is 5.86. The van der Waals surface area contributed by atoms with E-state index in [1.165, 1.54) is 0 Å². The predicted molar refractivity (Wildman–Crippen MR) is 134 cm³/mol. The van der Waals surface area contributed by atoms with Crippen LogP contribution in [-0.4, -0.2) is 41.6 Å². The molecule has 1 aliphatic heterocycles. The molecule has 0 unspecified atom stereocenters. The lowest BCUT2D eigenvalue weighted by Gasteiger charge is -2.31. The molecule has 1 saturated heterocycles. The molecule has 1 aromatic heterocycles. The van der Waals surface area contributed by atoms with Gasteiger partial charge in [0.05, 0.1) is 17.8 Å². The van der Waals surface area contributed by atoms with Crippen LogP contribution in [0.25, 0.3) is 10.9 Å². The monoisotopic (exact) mass is 462 g/mol. The highest BCUT2D eigenvalue weighted by Gasteiger charge is 2.22. The van der Waals surface area contributed by atoms with Crippen molar-refractivity contribution >= 4 is 16.8 Å². The van der Waals surface area contributed by atoms with Gasteiger partial charge in [-0.1, -0.05) is 31.5 Å². The third-order valence-corrected chi connectivity index (χ3v) is 6.29. The van der Waals surface area contributed by atoms with Crippen LogP contribution < -0.4 is 14.2 Å². The van der Waals surface area contributed by atoms with Crippen molar-refractivity contribution in [3.05, 3.63) is 59.8 Å². The summed E-state index contributed by atoms with van der Waals surface area (Å²) >= 11 is 0. The van der Waals surface area contributed by atoms with Crippen molar-refractivity contribution in [3.8, 4) is 17.2 Å². The molecule has 0 atom stereocenters. The number of hydrogen-bond donors (Lipinski definition) is 0. The predicted octanol–water partition coefficient (Wildman–Crippen LogP) is 5.69. The molecule has 0 aliphatic carbocycles. The summed E-state index contributed by atoms with van der Waals surface area (Å²) < 4.78 is 18.5. The number of amides is 1. The largest absolute Gasteiger partial charge is 0.493 e. The molecule has 1 fully saturated rings. The molecule has 180 valence electrons. The molecule has 1 aliphatic rings. The number of nitrogens with zero attached hydrogens (tertiary/aromatic N) is 2. The van der Waals surface area contributed by atoms with Crippen LogP contribution in [0.15, 0.2) is 48.5 Å². The Morgan fingerprint density at radius 3 is 2.59 bits per heavy atom.